The zero-order chi connectivity index (χ0) is 2.83. The molecule has 4 heavy (non-hydrogen) atoms. The van der Waals surface area contributed by atoms with Crippen LogP contribution in [-0.2, 0) is 4.84 Å². The molecular weight excluding hydrogens is 54.0 g/mol. The van der Waals surface area contributed by atoms with Crippen molar-refractivity contribution in [1.29, 1.82) is 0 Å². The van der Waals surface area contributed by atoms with Gasteiger partial charge >= 0.3 is 0 Å². The number of nitrogens with one attached hydrogen (secondary N) is 1. The molecule has 0 aromatic rings. The molecule has 1 rings (SSSR count). The second kappa shape index (κ2) is 0.701. The normalized spacial score (nSPS) is 24.0. The van der Waals surface area contributed by atoms with Crippen LogP contribution in [0.3, 0.4) is 0 Å². The SMILES string of the molecule is C1CON1. The maximum Gasteiger partial charge on any atom is 0.0830 e. The van der Waals surface area contributed by atoms with Crippen molar-refractivity contribution in [2.75, 3.05) is 13.2 Å². The first-order valence-corrected chi connectivity index (χ1v) is 1.35. The minimum Gasteiger partial charge on any atom is -0.300 e. The molecule has 0 aromatic carbocycles. The summed E-state index contributed by atoms with van der Waals surface area (Å²) in [5, 5.41) is 0. The van der Waals surface area contributed by atoms with Crippen LogP contribution in [0.15, 0.2) is 0 Å². The third-order valence-electron chi connectivity index (χ3n) is 0.408. The van der Waals surface area contributed by atoms with Crippen LogP contribution in [0.5, 0.6) is 0 Å². The molecule has 0 atom stereocenters. The fraction of sp³-hybridized carbons (Fsp3) is 1.00. The highest BCUT2D eigenvalue weighted by Gasteiger charge is 1.92. The molecule has 1 fully saturated rings. The third kappa shape index (κ3) is 0.106. The van der Waals surface area contributed by atoms with Gasteiger partial charge in [0.15, 0.2) is 0 Å². The van der Waals surface area contributed by atoms with Gasteiger partial charge in [0.25, 0.3) is 0 Å². The maximum atomic E-state index is 4.47. The van der Waals surface area contributed by atoms with Crippen molar-refractivity contribution in [2.45, 2.75) is 0 Å². The first-order chi connectivity index (χ1) is 2.00. The van der Waals surface area contributed by atoms with E-state index in [1.165, 1.54) is 0 Å². The number of rotatable bonds is 0. The molecule has 1 N–H and O–H groups in total. The van der Waals surface area contributed by atoms with Crippen molar-refractivity contribution in [1.82, 2.24) is 5.48 Å². The molecule has 0 aromatic heterocycles. The van der Waals surface area contributed by atoms with Gasteiger partial charge in [-0.1, -0.05) is 0 Å². The molecule has 2 heteroatoms. The molecule has 1 aliphatic heterocycles. The molecule has 2 nitrogen and oxygen atoms in total. The monoisotopic (exact) mass is 59.0 g/mol. The smallest absolute Gasteiger partial charge is 0.0830 e. The first kappa shape index (κ1) is 2.18. The van der Waals surface area contributed by atoms with Gasteiger partial charge in [0.1, 0.15) is 0 Å². The topological polar surface area (TPSA) is 21.3 Å². The second-order valence-corrected chi connectivity index (χ2v) is 0.743. The lowest BCUT2D eigenvalue weighted by molar-refractivity contribution is -0.0478. The lowest BCUT2D eigenvalue weighted by Crippen LogP contribution is -2.32. The Balaban J connectivity index is 2.00. The van der Waals surface area contributed by atoms with Crippen LogP contribution in [0, 0.1) is 0 Å². The van der Waals surface area contributed by atoms with Crippen molar-refractivity contribution in [3.63, 3.8) is 0 Å². The van der Waals surface area contributed by atoms with Crippen molar-refractivity contribution in [2.24, 2.45) is 0 Å². The van der Waals surface area contributed by atoms with Gasteiger partial charge < -0.3 is 4.84 Å². The lowest BCUT2D eigenvalue weighted by Gasteiger charge is -2.10. The van der Waals surface area contributed by atoms with E-state index in [2.05, 4.69) is 10.3 Å². The van der Waals surface area contributed by atoms with Gasteiger partial charge in [0.05, 0.1) is 6.61 Å². The minimum absolute atomic E-state index is 0.889. The molecule has 1 heterocycles. The van der Waals surface area contributed by atoms with Crippen LogP contribution in [0.1, 0.15) is 0 Å². The van der Waals surface area contributed by atoms with Crippen molar-refractivity contribution in [3.8, 4) is 0 Å². The van der Waals surface area contributed by atoms with E-state index in [-0.39, 0.29) is 0 Å². The number of hydrogen-bond donors (Lipinski definition) is 1. The molecule has 0 radical (unpaired) electrons. The Bertz CT molecular complexity index is 14.0. The highest BCUT2D eigenvalue weighted by atomic mass is 16.7. The summed E-state index contributed by atoms with van der Waals surface area (Å²) in [4.78, 5) is 4.47. The summed E-state index contributed by atoms with van der Waals surface area (Å²) in [6.45, 7) is 1.92. The fourth-order valence-corrected chi connectivity index (χ4v) is 0.102. The molecule has 0 saturated carbocycles. The van der Waals surface area contributed by atoms with Gasteiger partial charge in [-0.05, 0) is 0 Å². The highest BCUT2D eigenvalue weighted by Crippen LogP contribution is 1.73. The van der Waals surface area contributed by atoms with Gasteiger partial charge in [0, 0.05) is 6.54 Å². The van der Waals surface area contributed by atoms with Crippen LogP contribution in [0.2, 0.25) is 0 Å². The largest absolute Gasteiger partial charge is 0.300 e. The molecule has 0 bridgehead atoms. The summed E-state index contributed by atoms with van der Waals surface area (Å²) in [7, 11) is 0. The maximum absolute atomic E-state index is 4.47. The Morgan fingerprint density at radius 1 is 1.75 bits per heavy atom. The van der Waals surface area contributed by atoms with Crippen LogP contribution in [0.4, 0.5) is 0 Å². The van der Waals surface area contributed by atoms with E-state index < -0.39 is 0 Å². The van der Waals surface area contributed by atoms with E-state index in [0.29, 0.717) is 0 Å². The van der Waals surface area contributed by atoms with Crippen molar-refractivity contribution >= 4 is 0 Å². The van der Waals surface area contributed by atoms with Gasteiger partial charge in [-0.15, -0.1) is 0 Å². The Morgan fingerprint density at radius 3 is 2.00 bits per heavy atom. The summed E-state index contributed by atoms with van der Waals surface area (Å²) in [6, 6.07) is 0. The van der Waals surface area contributed by atoms with Crippen LogP contribution >= 0.6 is 0 Å². The zero-order valence-corrected chi connectivity index (χ0v) is 2.32. The van der Waals surface area contributed by atoms with Crippen molar-refractivity contribution in [3.05, 3.63) is 0 Å². The predicted octanol–water partition coefficient (Wildman–Crippen LogP) is -0.479. The van der Waals surface area contributed by atoms with Crippen LogP contribution < -0.4 is 5.48 Å². The van der Waals surface area contributed by atoms with E-state index in [0.717, 1.165) is 13.2 Å². The molecule has 0 unspecified atom stereocenters. The molecule has 1 saturated heterocycles. The van der Waals surface area contributed by atoms with E-state index >= 15 is 0 Å². The van der Waals surface area contributed by atoms with E-state index in [9.17, 15) is 0 Å². The minimum atomic E-state index is 0.889. The molecule has 0 amide bonds. The van der Waals surface area contributed by atoms with Crippen LogP contribution in [0.25, 0.3) is 0 Å². The second-order valence-electron chi connectivity index (χ2n) is 0.743. The zero-order valence-electron chi connectivity index (χ0n) is 2.32. The van der Waals surface area contributed by atoms with Gasteiger partial charge in [0.2, 0.25) is 0 Å². The van der Waals surface area contributed by atoms with E-state index in [4.69, 9.17) is 0 Å². The van der Waals surface area contributed by atoms with Gasteiger partial charge in [-0.2, -0.15) is 0 Å². The molecule has 24 valence electrons. The van der Waals surface area contributed by atoms with E-state index in [1.807, 2.05) is 0 Å². The first-order valence-electron chi connectivity index (χ1n) is 1.35. The average Bonchev–Trinajstić information content (AvgIpc) is 0.722. The highest BCUT2D eigenvalue weighted by molar-refractivity contribution is 4.36. The summed E-state index contributed by atoms with van der Waals surface area (Å²) in [6.07, 6.45) is 0. The fourth-order valence-electron chi connectivity index (χ4n) is 0.102. The Morgan fingerprint density at radius 2 is 2.00 bits per heavy atom. The van der Waals surface area contributed by atoms with E-state index in [1.54, 1.807) is 0 Å². The predicted molar refractivity (Wildman–Crippen MR) is 14.0 cm³/mol. The molecule has 1 aliphatic rings. The summed E-state index contributed by atoms with van der Waals surface area (Å²) in [5.74, 6) is 0. The molecule has 0 aliphatic carbocycles. The van der Waals surface area contributed by atoms with Crippen molar-refractivity contribution < 1.29 is 4.84 Å². The lowest BCUT2D eigenvalue weighted by atomic mass is 10.7. The van der Waals surface area contributed by atoms with Gasteiger partial charge in [-0.25, -0.2) is 5.48 Å². The molecular formula is C2H5NO. The number of hydrogen-bond acceptors (Lipinski definition) is 2. The van der Waals surface area contributed by atoms with Gasteiger partial charge in [-0.3, -0.25) is 0 Å². The Labute approximate surface area is 24.7 Å². The standard InChI is InChI=1S/C2H5NO/c1-2-4-3-1/h3H,1-2H2. The molecule has 0 spiro atoms. The Hall–Kier alpha value is -0.0800. The quantitative estimate of drug-likeness (QED) is 0.407. The summed E-state index contributed by atoms with van der Waals surface area (Å²) >= 11 is 0. The number of hydroxylamine groups is 1. The average molecular weight is 59.1 g/mol. The summed E-state index contributed by atoms with van der Waals surface area (Å²) < 4.78 is 0. The summed E-state index contributed by atoms with van der Waals surface area (Å²) in [5.41, 5.74) is 2.61. The van der Waals surface area contributed by atoms with Crippen LogP contribution in [-0.4, -0.2) is 13.2 Å². The third-order valence-corrected chi connectivity index (χ3v) is 0.408. The Kier molecular flexibility index (Phi) is 0.381.